The Kier molecular flexibility index (Phi) is 8.72. The molecule has 0 saturated carbocycles. The van der Waals surface area contributed by atoms with Crippen molar-refractivity contribution in [1.29, 1.82) is 0 Å². The van der Waals surface area contributed by atoms with E-state index in [0.29, 0.717) is 55.8 Å². The third-order valence-electron chi connectivity index (χ3n) is 5.87. The number of hydrogen-bond acceptors (Lipinski definition) is 6. The number of aryl methyl sites for hydroxylation is 2. The second-order valence-electron chi connectivity index (χ2n) is 8.13. The van der Waals surface area contributed by atoms with Crippen molar-refractivity contribution in [3.05, 3.63) is 112 Å². The number of aromatic nitrogens is 2. The average molecular weight is 492 g/mol. The van der Waals surface area contributed by atoms with Gasteiger partial charge in [-0.2, -0.15) is 0 Å². The molecule has 0 atom stereocenters. The predicted molar refractivity (Wildman–Crippen MR) is 125 cm³/mol. The molecule has 0 fully saturated rings. The first kappa shape index (κ1) is 28.0. The third-order valence-corrected chi connectivity index (χ3v) is 5.87. The Labute approximate surface area is 252 Å². The van der Waals surface area contributed by atoms with Gasteiger partial charge in [-0.25, -0.2) is 4.98 Å². The minimum Gasteiger partial charge on any atom is -0.871 e. The van der Waals surface area contributed by atoms with Gasteiger partial charge in [-0.15, -0.1) is 0 Å². The first-order valence-electron chi connectivity index (χ1n) is 10.7. The Bertz CT molecular complexity index is 1590. The number of hydrogen-bond donors (Lipinski definition) is 0. The maximum absolute atomic E-state index is 12.6. The molecule has 0 unspecified atom stereocenters. The summed E-state index contributed by atoms with van der Waals surface area (Å²) in [6.45, 7) is 3.60. The van der Waals surface area contributed by atoms with E-state index in [9.17, 15) is 19.8 Å². The number of pyridine rings is 2. The van der Waals surface area contributed by atoms with Crippen molar-refractivity contribution in [2.24, 2.45) is 0 Å². The van der Waals surface area contributed by atoms with Crippen molar-refractivity contribution in [2.75, 3.05) is 0 Å². The molecule has 1 aliphatic carbocycles. The predicted octanol–water partition coefficient (Wildman–Crippen LogP) is -2.60. The van der Waals surface area contributed by atoms with Crippen LogP contribution in [0.3, 0.4) is 0 Å². The van der Waals surface area contributed by atoms with Crippen molar-refractivity contribution in [3.8, 4) is 5.75 Å². The van der Waals surface area contributed by atoms with Gasteiger partial charge in [0.1, 0.15) is 5.69 Å². The SMILES string of the molecule is Cc1ccc2c(n1)C(=O)C=C/C2=C(\c1ccccc1C(=O)[O-])c1ccc([O-])c2nc(C)ccc12.[Na+].[Na+]. The van der Waals surface area contributed by atoms with Gasteiger partial charge in [0.2, 0.25) is 5.78 Å². The van der Waals surface area contributed by atoms with E-state index in [1.807, 2.05) is 12.1 Å². The van der Waals surface area contributed by atoms with Crippen LogP contribution in [0.2, 0.25) is 0 Å². The molecular formula is C28H18N2Na2O4. The molecule has 5 rings (SSSR count). The molecule has 2 aromatic heterocycles. The number of carbonyl (C=O) groups is 2. The second-order valence-corrected chi connectivity index (χ2v) is 8.13. The number of nitrogens with zero attached hydrogens (tertiary/aromatic N) is 2. The minimum atomic E-state index is -1.33. The van der Waals surface area contributed by atoms with Gasteiger partial charge in [0, 0.05) is 27.9 Å². The molecule has 4 aromatic rings. The number of aromatic carboxylic acids is 1. The maximum atomic E-state index is 12.6. The molecule has 2 aromatic carbocycles. The third kappa shape index (κ3) is 4.98. The summed E-state index contributed by atoms with van der Waals surface area (Å²) in [5.74, 6) is -1.79. The van der Waals surface area contributed by atoms with Gasteiger partial charge in [0.05, 0.1) is 11.5 Å². The van der Waals surface area contributed by atoms with E-state index in [-0.39, 0.29) is 76.2 Å². The van der Waals surface area contributed by atoms with Gasteiger partial charge in [0.25, 0.3) is 0 Å². The topological polar surface area (TPSA) is 106 Å². The average Bonchev–Trinajstić information content (AvgIpc) is 2.82. The zero-order valence-electron chi connectivity index (χ0n) is 20.5. The van der Waals surface area contributed by atoms with Gasteiger partial charge < -0.3 is 15.0 Å². The van der Waals surface area contributed by atoms with E-state index in [1.54, 1.807) is 56.3 Å². The van der Waals surface area contributed by atoms with Crippen molar-refractivity contribution in [1.82, 2.24) is 9.97 Å². The van der Waals surface area contributed by atoms with Crippen LogP contribution in [0.4, 0.5) is 0 Å². The summed E-state index contributed by atoms with van der Waals surface area (Å²) in [4.78, 5) is 33.6. The van der Waals surface area contributed by atoms with Crippen LogP contribution in [-0.2, 0) is 0 Å². The summed E-state index contributed by atoms with van der Waals surface area (Å²) in [7, 11) is 0. The molecule has 2 heterocycles. The number of benzene rings is 2. The molecule has 0 spiro atoms. The molecule has 0 N–H and O–H groups in total. The molecule has 0 bridgehead atoms. The van der Waals surface area contributed by atoms with Crippen molar-refractivity contribution < 1.29 is 78.9 Å². The van der Waals surface area contributed by atoms with Crippen LogP contribution in [-0.4, -0.2) is 21.7 Å². The largest absolute Gasteiger partial charge is 1.00 e. The molecule has 8 heteroatoms. The number of carboxylic acids is 1. The Morgan fingerprint density at radius 2 is 1.44 bits per heavy atom. The normalized spacial score (nSPS) is 13.4. The molecule has 166 valence electrons. The van der Waals surface area contributed by atoms with Gasteiger partial charge in [-0.05, 0) is 60.4 Å². The van der Waals surface area contributed by atoms with Gasteiger partial charge >= 0.3 is 59.1 Å². The molecular weight excluding hydrogens is 474 g/mol. The van der Waals surface area contributed by atoms with E-state index >= 15 is 0 Å². The monoisotopic (exact) mass is 492 g/mol. The van der Waals surface area contributed by atoms with Crippen LogP contribution < -0.4 is 69.3 Å². The van der Waals surface area contributed by atoms with Crippen LogP contribution in [0.1, 0.15) is 48.9 Å². The Morgan fingerprint density at radius 1 is 0.778 bits per heavy atom. The standard InChI is InChI=1S/C28H20N2O4.2Na/c1-15-7-9-20-18(11-13-23(31)26(20)29-15)25(17-5-3-4-6-22(17)28(33)34)19-12-14-24(32)27-21(19)10-8-16(2)30-27;;/h3-14,31H,1-2H3,(H,33,34);;/q;2*+1/p-2/b25-19-;;. The summed E-state index contributed by atoms with van der Waals surface area (Å²) in [5, 5.41) is 25.3. The number of carboxylic acid groups (broad SMARTS) is 1. The Balaban J connectivity index is 0.00000180. The van der Waals surface area contributed by atoms with E-state index in [1.165, 1.54) is 18.2 Å². The van der Waals surface area contributed by atoms with Crippen LogP contribution in [0.15, 0.2) is 72.8 Å². The molecule has 0 saturated heterocycles. The molecule has 36 heavy (non-hydrogen) atoms. The summed E-state index contributed by atoms with van der Waals surface area (Å²) < 4.78 is 0. The zero-order chi connectivity index (χ0) is 24.0. The second kappa shape index (κ2) is 11.2. The molecule has 6 nitrogen and oxygen atoms in total. The van der Waals surface area contributed by atoms with Crippen LogP contribution >= 0.6 is 0 Å². The van der Waals surface area contributed by atoms with Crippen molar-refractivity contribution in [3.63, 3.8) is 0 Å². The van der Waals surface area contributed by atoms with Crippen LogP contribution in [0.5, 0.6) is 5.75 Å². The van der Waals surface area contributed by atoms with Gasteiger partial charge in [-0.1, -0.05) is 54.3 Å². The van der Waals surface area contributed by atoms with Gasteiger partial charge in [-0.3, -0.25) is 9.78 Å². The first-order valence-corrected chi connectivity index (χ1v) is 10.7. The fraction of sp³-hybridized carbons (Fsp3) is 0.0714. The van der Waals surface area contributed by atoms with E-state index in [2.05, 4.69) is 9.97 Å². The fourth-order valence-electron chi connectivity index (χ4n) is 4.33. The molecule has 0 radical (unpaired) electrons. The Morgan fingerprint density at radius 3 is 2.17 bits per heavy atom. The van der Waals surface area contributed by atoms with Crippen LogP contribution in [0, 0.1) is 13.8 Å². The quantitative estimate of drug-likeness (QED) is 0.291. The zero-order valence-corrected chi connectivity index (χ0v) is 24.5. The number of fused-ring (bicyclic) bond motifs is 2. The summed E-state index contributed by atoms with van der Waals surface area (Å²) in [6, 6.07) is 16.8. The summed E-state index contributed by atoms with van der Waals surface area (Å²) in [6.07, 6.45) is 3.10. The number of ketones is 1. The van der Waals surface area contributed by atoms with Gasteiger partial charge in [0.15, 0.2) is 0 Å². The van der Waals surface area contributed by atoms with Crippen molar-refractivity contribution >= 4 is 33.8 Å². The first-order chi connectivity index (χ1) is 16.3. The smallest absolute Gasteiger partial charge is 0.871 e. The molecule has 1 aliphatic rings. The van der Waals surface area contributed by atoms with E-state index in [4.69, 9.17) is 0 Å². The summed E-state index contributed by atoms with van der Waals surface area (Å²) in [5.41, 5.74) is 4.75. The van der Waals surface area contributed by atoms with Crippen LogP contribution in [0.25, 0.3) is 22.0 Å². The number of rotatable bonds is 3. The maximum Gasteiger partial charge on any atom is 1.00 e. The molecule has 0 amide bonds. The van der Waals surface area contributed by atoms with E-state index in [0.717, 1.165) is 0 Å². The van der Waals surface area contributed by atoms with E-state index < -0.39 is 5.97 Å². The summed E-state index contributed by atoms with van der Waals surface area (Å²) >= 11 is 0. The number of carbonyl (C=O) groups excluding carboxylic acids is 2. The Hall–Kier alpha value is -2.58. The molecule has 0 aliphatic heterocycles. The minimum absolute atomic E-state index is 0. The fourth-order valence-corrected chi connectivity index (χ4v) is 4.33. The number of allylic oxidation sites excluding steroid dienone is 3. The van der Waals surface area contributed by atoms with Crippen molar-refractivity contribution in [2.45, 2.75) is 13.8 Å².